The number of carbonyl (C=O) groups is 1. The number of hydrogen-bond donors (Lipinski definition) is 2. The molecular weight excluding hydrogens is 616 g/mol. The lowest BCUT2D eigenvalue weighted by atomic mass is 9.82. The fraction of sp³-hybridized carbons (Fsp3) is 0.286. The number of nitrogens with two attached hydrogens (primary N) is 1. The molecule has 1 saturated heterocycles. The predicted octanol–water partition coefficient (Wildman–Crippen LogP) is 5.87. The van der Waals surface area contributed by atoms with E-state index < -0.39 is 39.7 Å². The van der Waals surface area contributed by atoms with Crippen LogP contribution in [0.3, 0.4) is 0 Å². The third kappa shape index (κ3) is 7.51. The number of nitrogens with one attached hydrogen (secondary N) is 1. The van der Waals surface area contributed by atoms with Crippen LogP contribution in [0.2, 0.25) is 5.02 Å². The molecule has 0 amide bonds. The van der Waals surface area contributed by atoms with Gasteiger partial charge in [0, 0.05) is 42.5 Å². The van der Waals surface area contributed by atoms with Crippen LogP contribution < -0.4 is 11.1 Å². The molecule has 0 aliphatic carbocycles. The molecular formula is C35H36ClF2N3O3S. The van der Waals surface area contributed by atoms with E-state index in [1.54, 1.807) is 78.9 Å². The second-order valence-corrected chi connectivity index (χ2v) is 13.8. The normalized spacial score (nSPS) is 18.8. The topological polar surface area (TPSA) is 92.5 Å². The van der Waals surface area contributed by atoms with Gasteiger partial charge in [-0.25, -0.2) is 17.2 Å². The lowest BCUT2D eigenvalue weighted by molar-refractivity contribution is -0.119. The van der Waals surface area contributed by atoms with Crippen LogP contribution >= 0.6 is 11.6 Å². The van der Waals surface area contributed by atoms with Crippen molar-refractivity contribution in [1.82, 2.24) is 9.62 Å². The molecule has 4 aromatic carbocycles. The summed E-state index contributed by atoms with van der Waals surface area (Å²) in [7, 11) is -3.79. The zero-order valence-electron chi connectivity index (χ0n) is 24.9. The van der Waals surface area contributed by atoms with Gasteiger partial charge in [-0.15, -0.1) is 0 Å². The van der Waals surface area contributed by atoms with Gasteiger partial charge < -0.3 is 11.1 Å². The lowest BCUT2D eigenvalue weighted by Gasteiger charge is -2.40. The number of benzene rings is 4. The molecule has 1 aliphatic rings. The fourth-order valence-electron chi connectivity index (χ4n) is 6.23. The van der Waals surface area contributed by atoms with Crippen molar-refractivity contribution in [3.63, 3.8) is 0 Å². The van der Waals surface area contributed by atoms with E-state index in [4.69, 9.17) is 17.3 Å². The first-order chi connectivity index (χ1) is 21.6. The van der Waals surface area contributed by atoms with Crippen LogP contribution in [0.5, 0.6) is 0 Å². The smallest absolute Gasteiger partial charge is 0.243 e. The molecule has 0 unspecified atom stereocenters. The van der Waals surface area contributed by atoms with E-state index >= 15 is 4.39 Å². The quantitative estimate of drug-likeness (QED) is 0.212. The van der Waals surface area contributed by atoms with Gasteiger partial charge in [-0.2, -0.15) is 4.31 Å². The number of rotatable bonds is 11. The highest BCUT2D eigenvalue weighted by Gasteiger charge is 2.38. The molecule has 0 spiro atoms. The van der Waals surface area contributed by atoms with Crippen molar-refractivity contribution in [3.05, 3.63) is 136 Å². The van der Waals surface area contributed by atoms with Crippen molar-refractivity contribution in [1.29, 1.82) is 0 Å². The molecule has 0 aromatic heterocycles. The van der Waals surface area contributed by atoms with Gasteiger partial charge in [0.15, 0.2) is 5.78 Å². The molecule has 4 aromatic rings. The molecule has 236 valence electrons. The van der Waals surface area contributed by atoms with Crippen molar-refractivity contribution in [2.75, 3.05) is 13.1 Å². The zero-order valence-corrected chi connectivity index (χ0v) is 26.4. The Kier molecular flexibility index (Phi) is 10.5. The summed E-state index contributed by atoms with van der Waals surface area (Å²) in [6.45, 7) is 2.77. The van der Waals surface area contributed by atoms with E-state index in [1.807, 2.05) is 6.92 Å². The number of nitrogens with zero attached hydrogens (tertiary/aromatic N) is 1. The first-order valence-electron chi connectivity index (χ1n) is 14.9. The Morgan fingerprint density at radius 2 is 1.64 bits per heavy atom. The number of ketones is 1. The molecule has 6 nitrogen and oxygen atoms in total. The minimum atomic E-state index is -3.79. The molecule has 0 saturated carbocycles. The SMILES string of the molecule is C[C@H]1CNC[C@H](CCc2c(F)cccc2CC(=O)[C@@H](N)[C@H](c2cccc(F)c2)c2cccc(Cl)c2)N1S(=O)(=O)c1ccccc1. The van der Waals surface area contributed by atoms with E-state index in [9.17, 15) is 17.6 Å². The Balaban J connectivity index is 1.39. The fourth-order valence-corrected chi connectivity index (χ4v) is 8.30. The summed E-state index contributed by atoms with van der Waals surface area (Å²) in [6.07, 6.45) is 0.407. The summed E-state index contributed by atoms with van der Waals surface area (Å²) >= 11 is 6.25. The highest BCUT2D eigenvalue weighted by atomic mass is 35.5. The van der Waals surface area contributed by atoms with E-state index in [-0.39, 0.29) is 29.6 Å². The first-order valence-corrected chi connectivity index (χ1v) is 16.7. The molecule has 1 heterocycles. The van der Waals surface area contributed by atoms with E-state index in [2.05, 4.69) is 5.32 Å². The minimum absolute atomic E-state index is 0.147. The summed E-state index contributed by atoms with van der Waals surface area (Å²) in [6, 6.07) is 23.9. The molecule has 1 fully saturated rings. The van der Waals surface area contributed by atoms with Gasteiger partial charge in [0.25, 0.3) is 0 Å². The number of Topliss-reactive ketones (excluding diaryl/α,β-unsaturated/α-hetero) is 1. The summed E-state index contributed by atoms with van der Waals surface area (Å²) in [5.41, 5.74) is 8.61. The van der Waals surface area contributed by atoms with Gasteiger partial charge in [0.1, 0.15) is 11.6 Å². The van der Waals surface area contributed by atoms with E-state index in [0.29, 0.717) is 46.8 Å². The second kappa shape index (κ2) is 14.3. The van der Waals surface area contributed by atoms with Gasteiger partial charge in [-0.1, -0.05) is 66.2 Å². The van der Waals surface area contributed by atoms with Crippen LogP contribution in [0.15, 0.2) is 102 Å². The third-order valence-electron chi connectivity index (χ3n) is 8.39. The Morgan fingerprint density at radius 3 is 2.36 bits per heavy atom. The number of sulfonamides is 1. The van der Waals surface area contributed by atoms with Crippen LogP contribution in [-0.2, 0) is 27.7 Å². The van der Waals surface area contributed by atoms with Gasteiger partial charge in [-0.3, -0.25) is 4.79 Å². The number of carbonyl (C=O) groups excluding carboxylic acids is 1. The second-order valence-electron chi connectivity index (χ2n) is 11.5. The van der Waals surface area contributed by atoms with Crippen molar-refractivity contribution in [2.24, 2.45) is 5.73 Å². The number of halogens is 3. The average molecular weight is 652 g/mol. The van der Waals surface area contributed by atoms with Gasteiger partial charge in [-0.05, 0) is 84.5 Å². The monoisotopic (exact) mass is 651 g/mol. The lowest BCUT2D eigenvalue weighted by Crippen LogP contribution is -2.58. The summed E-state index contributed by atoms with van der Waals surface area (Å²) < 4.78 is 58.4. The van der Waals surface area contributed by atoms with Crippen molar-refractivity contribution < 1.29 is 22.0 Å². The van der Waals surface area contributed by atoms with Crippen LogP contribution in [0.25, 0.3) is 0 Å². The van der Waals surface area contributed by atoms with Gasteiger partial charge >= 0.3 is 0 Å². The van der Waals surface area contributed by atoms with E-state index in [0.717, 1.165) is 0 Å². The van der Waals surface area contributed by atoms with Crippen molar-refractivity contribution in [3.8, 4) is 0 Å². The standard InChI is InChI=1S/C35H36ClF2N3O3S/c1-23-21-40-22-29(41(23)45(43,44)30-13-3-2-4-14-30)16-17-31-24(8-7-15-32(31)38)20-33(42)35(39)34(25-9-5-11-27(36)18-25)26-10-6-12-28(37)19-26/h2-15,18-19,23,29,34-35,40H,16-17,20-22,39H2,1H3/t23-,29-,34-,35+/m0/s1. The van der Waals surface area contributed by atoms with Crippen LogP contribution in [0, 0.1) is 11.6 Å². The minimum Gasteiger partial charge on any atom is -0.321 e. The number of hydrogen-bond acceptors (Lipinski definition) is 5. The molecule has 0 radical (unpaired) electrons. The molecule has 1 aliphatic heterocycles. The van der Waals surface area contributed by atoms with E-state index in [1.165, 1.54) is 22.5 Å². The largest absolute Gasteiger partial charge is 0.321 e. The maximum Gasteiger partial charge on any atom is 0.243 e. The molecule has 0 bridgehead atoms. The molecule has 10 heteroatoms. The summed E-state index contributed by atoms with van der Waals surface area (Å²) in [5, 5.41) is 3.75. The van der Waals surface area contributed by atoms with Crippen LogP contribution in [0.4, 0.5) is 8.78 Å². The Morgan fingerprint density at radius 1 is 0.956 bits per heavy atom. The maximum atomic E-state index is 15.4. The zero-order chi connectivity index (χ0) is 32.1. The Bertz CT molecular complexity index is 1710. The molecule has 5 rings (SSSR count). The van der Waals surface area contributed by atoms with Crippen molar-refractivity contribution >= 4 is 27.4 Å². The average Bonchev–Trinajstić information content (AvgIpc) is 3.01. The molecule has 3 N–H and O–H groups in total. The van der Waals surface area contributed by atoms with Gasteiger partial charge in [0.05, 0.1) is 10.9 Å². The highest BCUT2D eigenvalue weighted by molar-refractivity contribution is 7.89. The molecule has 4 atom stereocenters. The molecule has 45 heavy (non-hydrogen) atoms. The van der Waals surface area contributed by atoms with Gasteiger partial charge in [0.2, 0.25) is 10.0 Å². The highest BCUT2D eigenvalue weighted by Crippen LogP contribution is 2.31. The van der Waals surface area contributed by atoms with Crippen LogP contribution in [-0.4, -0.2) is 49.7 Å². The summed E-state index contributed by atoms with van der Waals surface area (Å²) in [5.74, 6) is -1.96. The summed E-state index contributed by atoms with van der Waals surface area (Å²) in [4.78, 5) is 14.0. The Hall–Kier alpha value is -3.47. The number of piperazine rings is 1. The predicted molar refractivity (Wildman–Crippen MR) is 173 cm³/mol. The maximum absolute atomic E-state index is 15.4. The van der Waals surface area contributed by atoms with Crippen LogP contribution in [0.1, 0.15) is 41.5 Å². The Labute approximate surface area is 268 Å². The third-order valence-corrected chi connectivity index (χ3v) is 10.7. The first kappa shape index (κ1) is 32.9. The van der Waals surface area contributed by atoms with Crippen molar-refractivity contribution in [2.45, 2.75) is 55.1 Å².